The molecule has 1 heterocycles. The van der Waals surface area contributed by atoms with Crippen LogP contribution in [-0.2, 0) is 26.8 Å². The summed E-state index contributed by atoms with van der Waals surface area (Å²) in [5.74, 6) is -0.0497. The number of rotatable bonds is 3. The van der Waals surface area contributed by atoms with Gasteiger partial charge in [0.15, 0.2) is 9.84 Å². The van der Waals surface area contributed by atoms with E-state index in [9.17, 15) is 13.2 Å². The molecule has 2 aromatic rings. The van der Waals surface area contributed by atoms with Crippen LogP contribution in [-0.4, -0.2) is 26.2 Å². The molecule has 5 nitrogen and oxygen atoms in total. The summed E-state index contributed by atoms with van der Waals surface area (Å²) in [6.07, 6.45) is 1.59. The number of hydrogen-bond donors (Lipinski definition) is 0. The number of fused-ring (bicyclic) bond motifs is 1. The second kappa shape index (κ2) is 6.61. The summed E-state index contributed by atoms with van der Waals surface area (Å²) in [6, 6.07) is 14.3. The Morgan fingerprint density at radius 2 is 1.96 bits per heavy atom. The third-order valence-corrected chi connectivity index (χ3v) is 4.76. The van der Waals surface area contributed by atoms with Crippen LogP contribution in [0.3, 0.4) is 0 Å². The number of nitrogens with zero attached hydrogens (tertiary/aromatic N) is 2. The molecule has 0 atom stereocenters. The van der Waals surface area contributed by atoms with Gasteiger partial charge in [0.1, 0.15) is 5.78 Å². The molecule has 0 amide bonds. The molecule has 0 N–H and O–H groups in total. The van der Waals surface area contributed by atoms with Crippen LogP contribution in [0.2, 0.25) is 0 Å². The van der Waals surface area contributed by atoms with Crippen molar-refractivity contribution in [1.82, 2.24) is 0 Å². The normalized spacial score (nSPS) is 14.2. The summed E-state index contributed by atoms with van der Waals surface area (Å²) < 4.78 is 23.0. The Balaban J connectivity index is 2.04. The van der Waals surface area contributed by atoms with Crippen molar-refractivity contribution in [3.63, 3.8) is 0 Å². The highest BCUT2D eigenvalue weighted by Crippen LogP contribution is 2.27. The molecule has 1 aliphatic heterocycles. The van der Waals surface area contributed by atoms with Crippen LogP contribution in [0.15, 0.2) is 47.5 Å². The Morgan fingerprint density at radius 1 is 1.16 bits per heavy atom. The van der Waals surface area contributed by atoms with Crippen molar-refractivity contribution >= 4 is 27.0 Å². The van der Waals surface area contributed by atoms with Crippen molar-refractivity contribution in [2.24, 2.45) is 4.99 Å². The minimum Gasteiger partial charge on any atom is -0.299 e. The van der Waals surface area contributed by atoms with Crippen molar-refractivity contribution in [2.45, 2.75) is 18.6 Å². The van der Waals surface area contributed by atoms with Crippen LogP contribution in [0, 0.1) is 11.3 Å². The highest BCUT2D eigenvalue weighted by atomic mass is 32.2. The lowest BCUT2D eigenvalue weighted by molar-refractivity contribution is -0.117. The molecule has 1 aliphatic rings. The predicted molar refractivity (Wildman–Crippen MR) is 95.7 cm³/mol. The van der Waals surface area contributed by atoms with Gasteiger partial charge in [0.05, 0.1) is 28.8 Å². The van der Waals surface area contributed by atoms with Crippen LogP contribution < -0.4 is 0 Å². The molecular weight excluding hydrogens is 336 g/mol. The molecule has 0 bridgehead atoms. The Labute approximate surface area is 146 Å². The first-order valence-electron chi connectivity index (χ1n) is 7.73. The van der Waals surface area contributed by atoms with E-state index in [1.807, 2.05) is 6.07 Å². The van der Waals surface area contributed by atoms with Gasteiger partial charge in [-0.2, -0.15) is 5.26 Å². The molecule has 126 valence electrons. The zero-order chi connectivity index (χ0) is 18.0. The Morgan fingerprint density at radius 3 is 2.68 bits per heavy atom. The van der Waals surface area contributed by atoms with E-state index in [2.05, 4.69) is 11.1 Å². The second-order valence-corrected chi connectivity index (χ2v) is 8.32. The monoisotopic (exact) mass is 352 g/mol. The fourth-order valence-corrected chi connectivity index (χ4v) is 3.65. The summed E-state index contributed by atoms with van der Waals surface area (Å²) in [5.41, 5.74) is 3.94. The lowest BCUT2D eigenvalue weighted by Crippen LogP contribution is -2.09. The third-order valence-electron chi connectivity index (χ3n) is 3.91. The molecule has 0 radical (unpaired) electrons. The number of aliphatic imine (C=N–C) groups is 1. The fraction of sp³-hybridized carbons (Fsp3) is 0.211. The Kier molecular flexibility index (Phi) is 4.51. The van der Waals surface area contributed by atoms with Gasteiger partial charge in [-0.15, -0.1) is 0 Å². The van der Waals surface area contributed by atoms with Crippen LogP contribution in [0.25, 0.3) is 0 Å². The van der Waals surface area contributed by atoms with E-state index in [-0.39, 0.29) is 24.4 Å². The fourth-order valence-electron chi connectivity index (χ4n) is 2.86. The molecular formula is C19H16N2O3S. The topological polar surface area (TPSA) is 87.4 Å². The van der Waals surface area contributed by atoms with Gasteiger partial charge in [-0.1, -0.05) is 24.3 Å². The van der Waals surface area contributed by atoms with E-state index in [1.54, 1.807) is 36.4 Å². The second-order valence-electron chi connectivity index (χ2n) is 6.18. The minimum atomic E-state index is -3.14. The van der Waals surface area contributed by atoms with Crippen LogP contribution in [0.1, 0.15) is 28.7 Å². The van der Waals surface area contributed by atoms with Gasteiger partial charge in [0.25, 0.3) is 0 Å². The summed E-state index contributed by atoms with van der Waals surface area (Å²) in [6.45, 7) is 0. The molecule has 0 saturated carbocycles. The van der Waals surface area contributed by atoms with Gasteiger partial charge in [-0.05, 0) is 34.9 Å². The number of sulfone groups is 1. The first kappa shape index (κ1) is 17.1. The number of hydrogen-bond acceptors (Lipinski definition) is 5. The summed E-state index contributed by atoms with van der Waals surface area (Å²) in [4.78, 5) is 16.9. The van der Waals surface area contributed by atoms with Gasteiger partial charge < -0.3 is 0 Å². The molecule has 3 rings (SSSR count). The summed E-state index contributed by atoms with van der Waals surface area (Å²) in [7, 11) is -3.14. The predicted octanol–water partition coefficient (Wildman–Crippen LogP) is 2.74. The van der Waals surface area contributed by atoms with Crippen molar-refractivity contribution < 1.29 is 13.2 Å². The van der Waals surface area contributed by atoms with Gasteiger partial charge in [0.2, 0.25) is 0 Å². The highest BCUT2D eigenvalue weighted by molar-refractivity contribution is 7.89. The molecule has 0 aliphatic carbocycles. The molecule has 6 heteroatoms. The van der Waals surface area contributed by atoms with Gasteiger partial charge >= 0.3 is 0 Å². The van der Waals surface area contributed by atoms with Gasteiger partial charge in [-0.25, -0.2) is 8.42 Å². The molecule has 0 unspecified atom stereocenters. The number of carbonyl (C=O) groups is 1. The van der Waals surface area contributed by atoms with Crippen molar-refractivity contribution in [1.29, 1.82) is 5.26 Å². The molecule has 0 spiro atoms. The number of benzene rings is 2. The van der Waals surface area contributed by atoms with Crippen molar-refractivity contribution in [3.8, 4) is 6.07 Å². The molecule has 0 saturated heterocycles. The van der Waals surface area contributed by atoms with Gasteiger partial charge in [-0.3, -0.25) is 9.79 Å². The largest absolute Gasteiger partial charge is 0.299 e. The summed E-state index contributed by atoms with van der Waals surface area (Å²) >= 11 is 0. The van der Waals surface area contributed by atoms with E-state index < -0.39 is 9.84 Å². The smallest absolute Gasteiger partial charge is 0.151 e. The van der Waals surface area contributed by atoms with Crippen LogP contribution in [0.4, 0.5) is 5.69 Å². The molecule has 0 aromatic heterocycles. The number of nitriles is 1. The van der Waals surface area contributed by atoms with Crippen molar-refractivity contribution in [3.05, 3.63) is 64.7 Å². The van der Waals surface area contributed by atoms with Crippen LogP contribution in [0.5, 0.6) is 0 Å². The average Bonchev–Trinajstić information content (AvgIpc) is 2.71. The number of ketones is 1. The zero-order valence-corrected chi connectivity index (χ0v) is 14.5. The average molecular weight is 352 g/mol. The van der Waals surface area contributed by atoms with E-state index in [4.69, 9.17) is 5.26 Å². The first-order valence-corrected chi connectivity index (χ1v) is 9.79. The maximum absolute atomic E-state index is 12.3. The van der Waals surface area contributed by atoms with Crippen LogP contribution >= 0.6 is 0 Å². The number of carbonyl (C=O) groups excluding carboxylic acids is 1. The van der Waals surface area contributed by atoms with Crippen molar-refractivity contribution in [2.75, 3.05) is 6.26 Å². The Hall–Kier alpha value is -2.78. The zero-order valence-electron chi connectivity index (χ0n) is 13.7. The van der Waals surface area contributed by atoms with E-state index in [0.717, 1.165) is 11.1 Å². The number of Topliss-reactive ketones (excluding diaryl/α,β-unsaturated/α-hetero) is 1. The molecule has 0 fully saturated rings. The maximum Gasteiger partial charge on any atom is 0.151 e. The highest BCUT2D eigenvalue weighted by Gasteiger charge is 2.19. The Bertz CT molecular complexity index is 1030. The van der Waals surface area contributed by atoms with Gasteiger partial charge in [0, 0.05) is 19.1 Å². The lowest BCUT2D eigenvalue weighted by Gasteiger charge is -2.06. The quantitative estimate of drug-likeness (QED) is 0.850. The molecule has 2 aromatic carbocycles. The maximum atomic E-state index is 12.3. The van der Waals surface area contributed by atoms with E-state index in [1.165, 1.54) is 6.26 Å². The van der Waals surface area contributed by atoms with E-state index >= 15 is 0 Å². The standard InChI is InChI=1S/C19H16N2O3S/c1-25(23,24)12-14-5-6-18-16(8-14)9-17(22)10-19(21-18)15-4-2-3-13(7-15)11-20/h2-8H,9-10,12H2,1H3. The third kappa shape index (κ3) is 4.20. The summed E-state index contributed by atoms with van der Waals surface area (Å²) in [5, 5.41) is 9.04. The molecule has 25 heavy (non-hydrogen) atoms. The van der Waals surface area contributed by atoms with E-state index in [0.29, 0.717) is 22.5 Å². The first-order chi connectivity index (χ1) is 11.8. The SMILES string of the molecule is CS(=O)(=O)Cc1ccc2c(c1)CC(=O)CC(c1cccc(C#N)c1)=N2. The minimum absolute atomic E-state index is 0.0105. The lowest BCUT2D eigenvalue weighted by atomic mass is 10.0.